The quantitative estimate of drug-likeness (QED) is 0.223. The molecule has 0 aliphatic rings. The summed E-state index contributed by atoms with van der Waals surface area (Å²) in [7, 11) is 3.45. The highest BCUT2D eigenvalue weighted by molar-refractivity contribution is 6.00. The lowest BCUT2D eigenvalue weighted by Gasteiger charge is -2.19. The molecule has 1 heterocycles. The van der Waals surface area contributed by atoms with Crippen LogP contribution in [-0.2, 0) is 0 Å². The normalized spacial score (nSPS) is 12.9. The zero-order valence-corrected chi connectivity index (χ0v) is 10.7. The van der Waals surface area contributed by atoms with Gasteiger partial charge in [0, 0.05) is 12.8 Å². The summed E-state index contributed by atoms with van der Waals surface area (Å²) in [6.45, 7) is 5.63. The largest absolute Gasteiger partial charge is 0.400 e. The number of hydrogen-bond donors (Lipinski definition) is 4. The lowest BCUT2D eigenvalue weighted by molar-refractivity contribution is -0.733. The molecule has 1 aromatic heterocycles. The second-order valence-corrected chi connectivity index (χ2v) is 3.65. The number of nitrogen functional groups attached to an aromatic ring is 1. The van der Waals surface area contributed by atoms with Gasteiger partial charge >= 0.3 is 0 Å². The van der Waals surface area contributed by atoms with Crippen molar-refractivity contribution in [2.45, 2.75) is 6.92 Å². The third kappa shape index (κ3) is 2.86. The van der Waals surface area contributed by atoms with Crippen LogP contribution in [-0.4, -0.2) is 35.8 Å². The molecule has 0 saturated heterocycles. The summed E-state index contributed by atoms with van der Waals surface area (Å²) in [5, 5.41) is 14.4. The van der Waals surface area contributed by atoms with E-state index in [2.05, 4.69) is 27.5 Å². The monoisotopic (exact) mass is 250 g/mol. The lowest BCUT2D eigenvalue weighted by Crippen LogP contribution is -3.03. The number of imidazole rings is 1. The van der Waals surface area contributed by atoms with Crippen LogP contribution in [0.5, 0.6) is 0 Å². The summed E-state index contributed by atoms with van der Waals surface area (Å²) >= 11 is 0. The second-order valence-electron chi connectivity index (χ2n) is 3.65. The summed E-state index contributed by atoms with van der Waals surface area (Å²) < 4.78 is 1.38. The minimum atomic E-state index is 0.510. The van der Waals surface area contributed by atoms with Gasteiger partial charge in [-0.3, -0.25) is 5.41 Å². The highest BCUT2D eigenvalue weighted by atomic mass is 15.6. The fraction of sp³-hybridized carbons (Fsp3) is 0.300. The van der Waals surface area contributed by atoms with Crippen molar-refractivity contribution in [3.63, 3.8) is 0 Å². The Balaban J connectivity index is 3.02. The average Bonchev–Trinajstić information content (AvgIpc) is 2.76. The third-order valence-corrected chi connectivity index (χ3v) is 2.29. The molecule has 8 nitrogen and oxygen atoms in total. The van der Waals surface area contributed by atoms with Gasteiger partial charge in [0.25, 0.3) is 0 Å². The van der Waals surface area contributed by atoms with Crippen molar-refractivity contribution in [1.82, 2.24) is 15.0 Å². The van der Waals surface area contributed by atoms with Gasteiger partial charge in [-0.25, -0.2) is 9.66 Å². The van der Waals surface area contributed by atoms with Gasteiger partial charge in [-0.05, 0) is 6.92 Å². The Labute approximate surface area is 106 Å². The van der Waals surface area contributed by atoms with E-state index in [0.717, 1.165) is 6.34 Å². The minimum Gasteiger partial charge on any atom is -0.400 e. The SMILES string of the molecule is C=C(NC)c1c(/C(C)=N/[N-][NH+](C)C=N)ncn1N. The van der Waals surface area contributed by atoms with Gasteiger partial charge in [0.15, 0.2) is 6.34 Å². The molecule has 0 radical (unpaired) electrons. The van der Waals surface area contributed by atoms with E-state index in [1.165, 1.54) is 11.0 Å². The van der Waals surface area contributed by atoms with Crippen molar-refractivity contribution in [3.05, 3.63) is 29.8 Å². The molecule has 18 heavy (non-hydrogen) atoms. The molecule has 8 heteroatoms. The third-order valence-electron chi connectivity index (χ3n) is 2.29. The number of rotatable bonds is 6. The standard InChI is InChI=1S/C10H18N8/c1-7(15-16-17(4)5-11)9-10(8(2)13-3)18(12)6-14-9/h5-6,11,13,17H,2,12H2,1,3-4H3/b11-5?,15-7+. The average molecular weight is 250 g/mol. The number of hydrogen-bond acceptors (Lipinski definition) is 5. The molecule has 0 bridgehead atoms. The van der Waals surface area contributed by atoms with E-state index in [1.54, 1.807) is 21.0 Å². The molecule has 1 atom stereocenters. The van der Waals surface area contributed by atoms with E-state index in [4.69, 9.17) is 11.3 Å². The highest BCUT2D eigenvalue weighted by Gasteiger charge is 2.13. The molecule has 1 rings (SSSR count). The number of nitrogens with two attached hydrogens (primary N) is 1. The fourth-order valence-corrected chi connectivity index (χ4v) is 1.27. The van der Waals surface area contributed by atoms with Crippen LogP contribution in [0.2, 0.25) is 0 Å². The molecule has 1 unspecified atom stereocenters. The first-order valence-corrected chi connectivity index (χ1v) is 5.30. The van der Waals surface area contributed by atoms with E-state index in [1.807, 2.05) is 0 Å². The van der Waals surface area contributed by atoms with E-state index in [0.29, 0.717) is 27.8 Å². The molecule has 5 N–H and O–H groups in total. The van der Waals surface area contributed by atoms with Gasteiger partial charge in [-0.2, -0.15) is 0 Å². The van der Waals surface area contributed by atoms with Crippen LogP contribution < -0.4 is 16.2 Å². The maximum absolute atomic E-state index is 7.01. The molecule has 0 fully saturated rings. The van der Waals surface area contributed by atoms with Crippen LogP contribution in [0.3, 0.4) is 0 Å². The zero-order valence-electron chi connectivity index (χ0n) is 10.7. The predicted molar refractivity (Wildman–Crippen MR) is 71.7 cm³/mol. The Bertz CT molecular complexity index is 472. The van der Waals surface area contributed by atoms with Crippen LogP contribution in [0, 0.1) is 5.41 Å². The minimum absolute atomic E-state index is 0.510. The smallest absolute Gasteiger partial charge is 0.176 e. The van der Waals surface area contributed by atoms with Crippen molar-refractivity contribution in [3.8, 4) is 0 Å². The number of aromatic nitrogens is 2. The van der Waals surface area contributed by atoms with Crippen molar-refractivity contribution in [2.24, 2.45) is 5.10 Å². The first-order chi connectivity index (χ1) is 8.51. The Morgan fingerprint density at radius 2 is 2.44 bits per heavy atom. The Hall–Kier alpha value is -2.35. The van der Waals surface area contributed by atoms with E-state index in [9.17, 15) is 0 Å². The van der Waals surface area contributed by atoms with Crippen molar-refractivity contribution >= 4 is 17.7 Å². The van der Waals surface area contributed by atoms with E-state index < -0.39 is 0 Å². The molecule has 0 aliphatic carbocycles. The highest BCUT2D eigenvalue weighted by Crippen LogP contribution is 2.13. The van der Waals surface area contributed by atoms with Gasteiger partial charge in [0.2, 0.25) is 0 Å². The van der Waals surface area contributed by atoms with Gasteiger partial charge in [-0.1, -0.05) is 6.58 Å². The number of nitrogens with one attached hydrogen (secondary N) is 3. The summed E-state index contributed by atoms with van der Waals surface area (Å²) in [6.07, 6.45) is 2.62. The maximum atomic E-state index is 7.01. The topological polar surface area (TPSA) is 111 Å². The maximum Gasteiger partial charge on any atom is 0.176 e. The van der Waals surface area contributed by atoms with Crippen molar-refractivity contribution in [1.29, 1.82) is 5.41 Å². The molecule has 0 amide bonds. The number of quaternary nitrogens is 1. The van der Waals surface area contributed by atoms with Crippen LogP contribution in [0.4, 0.5) is 0 Å². The van der Waals surface area contributed by atoms with Crippen LogP contribution in [0.1, 0.15) is 18.3 Å². The zero-order chi connectivity index (χ0) is 13.7. The fourth-order valence-electron chi connectivity index (χ4n) is 1.27. The molecule has 0 spiro atoms. The summed E-state index contributed by atoms with van der Waals surface area (Å²) in [4.78, 5) is 4.17. The predicted octanol–water partition coefficient (Wildman–Crippen LogP) is -1.08. The summed E-state index contributed by atoms with van der Waals surface area (Å²) in [5.74, 6) is 5.76. The molecular weight excluding hydrogens is 232 g/mol. The van der Waals surface area contributed by atoms with Gasteiger partial charge in [-0.15, -0.1) is 0 Å². The molecule has 0 aromatic carbocycles. The first kappa shape index (κ1) is 13.7. The van der Waals surface area contributed by atoms with Crippen LogP contribution >= 0.6 is 0 Å². The van der Waals surface area contributed by atoms with Crippen molar-refractivity contribution < 1.29 is 5.01 Å². The lowest BCUT2D eigenvalue weighted by atomic mass is 10.2. The molecule has 98 valence electrons. The number of nitrogens with zero attached hydrogens (tertiary/aromatic N) is 4. The van der Waals surface area contributed by atoms with Crippen LogP contribution in [0.25, 0.3) is 11.2 Å². The van der Waals surface area contributed by atoms with Gasteiger partial charge in [0.05, 0.1) is 12.7 Å². The molecule has 0 saturated carbocycles. The van der Waals surface area contributed by atoms with Crippen LogP contribution in [0.15, 0.2) is 18.0 Å². The second kappa shape index (κ2) is 5.82. The summed E-state index contributed by atoms with van der Waals surface area (Å²) in [6, 6.07) is 0. The Morgan fingerprint density at radius 3 is 3.00 bits per heavy atom. The van der Waals surface area contributed by atoms with Crippen molar-refractivity contribution in [2.75, 3.05) is 19.9 Å². The van der Waals surface area contributed by atoms with Gasteiger partial charge < -0.3 is 26.8 Å². The molecular formula is C10H18N8. The molecule has 1 aromatic rings. The summed E-state index contributed by atoms with van der Waals surface area (Å²) in [5.41, 5.74) is 6.39. The van der Waals surface area contributed by atoms with E-state index in [-0.39, 0.29) is 0 Å². The Kier molecular flexibility index (Phi) is 4.44. The van der Waals surface area contributed by atoms with Gasteiger partial charge in [0.1, 0.15) is 17.7 Å². The Morgan fingerprint density at radius 1 is 1.78 bits per heavy atom. The molecule has 0 aliphatic heterocycles. The first-order valence-electron chi connectivity index (χ1n) is 5.30. The van der Waals surface area contributed by atoms with E-state index >= 15 is 0 Å².